The molecule has 0 aliphatic carbocycles. The van der Waals surface area contributed by atoms with Crippen LogP contribution in [0.5, 0.6) is 0 Å². The Morgan fingerprint density at radius 1 is 1.24 bits per heavy atom. The summed E-state index contributed by atoms with van der Waals surface area (Å²) in [6.45, 7) is 5.47. The van der Waals surface area contributed by atoms with Crippen molar-refractivity contribution in [2.45, 2.75) is 17.9 Å². The van der Waals surface area contributed by atoms with Gasteiger partial charge in [-0.05, 0) is 25.1 Å². The summed E-state index contributed by atoms with van der Waals surface area (Å²) < 4.78 is 5.34. The van der Waals surface area contributed by atoms with Crippen LogP contribution < -0.4 is 10.2 Å². The number of nitrogens with zero attached hydrogens (tertiary/aromatic N) is 3. The monoisotopic (exact) mass is 432 g/mol. The van der Waals surface area contributed by atoms with Crippen molar-refractivity contribution >= 4 is 40.6 Å². The van der Waals surface area contributed by atoms with Gasteiger partial charge in [0.15, 0.2) is 0 Å². The minimum Gasteiger partial charge on any atom is -0.379 e. The molecule has 2 aromatic rings. The number of para-hydroxylation sites is 1. The number of hydrogen-bond donors (Lipinski definition) is 1. The van der Waals surface area contributed by atoms with Gasteiger partial charge in [0.1, 0.15) is 10.7 Å². The van der Waals surface area contributed by atoms with Gasteiger partial charge in [-0.2, -0.15) is 0 Å². The van der Waals surface area contributed by atoms with Gasteiger partial charge in [0.05, 0.1) is 31.2 Å². The molecule has 154 valence electrons. The second kappa shape index (κ2) is 9.71. The Morgan fingerprint density at radius 2 is 2.07 bits per heavy atom. The average molecular weight is 433 g/mol. The number of thiazole rings is 1. The minimum absolute atomic E-state index is 0.0676. The lowest BCUT2D eigenvalue weighted by Crippen LogP contribution is -2.38. The van der Waals surface area contributed by atoms with Crippen LogP contribution in [-0.4, -0.2) is 66.8 Å². The molecule has 0 unspecified atom stereocenters. The maximum absolute atomic E-state index is 12.4. The fourth-order valence-corrected chi connectivity index (χ4v) is 5.07. The molecule has 2 aliphatic rings. The van der Waals surface area contributed by atoms with Crippen LogP contribution in [0, 0.1) is 0 Å². The molecule has 1 aromatic heterocycles. The molecule has 0 saturated carbocycles. The molecule has 4 rings (SSSR count). The highest BCUT2D eigenvalue weighted by atomic mass is 32.2. The lowest BCUT2D eigenvalue weighted by Gasteiger charge is -2.28. The van der Waals surface area contributed by atoms with Gasteiger partial charge in [0.2, 0.25) is 5.91 Å². The van der Waals surface area contributed by atoms with Gasteiger partial charge in [0, 0.05) is 29.9 Å². The average Bonchev–Trinajstić information content (AvgIpc) is 3.23. The third kappa shape index (κ3) is 5.16. The zero-order valence-corrected chi connectivity index (χ0v) is 17.8. The predicted octanol–water partition coefficient (Wildman–Crippen LogP) is 2.23. The second-order valence-electron chi connectivity index (χ2n) is 6.93. The number of amides is 2. The Hall–Kier alpha value is -1.94. The molecule has 0 atom stereocenters. The highest BCUT2D eigenvalue weighted by molar-refractivity contribution is 8.00. The number of morpholine rings is 1. The van der Waals surface area contributed by atoms with Crippen LogP contribution in [0.25, 0.3) is 0 Å². The molecule has 1 N–H and O–H groups in total. The Morgan fingerprint density at radius 3 is 2.93 bits per heavy atom. The molecule has 0 spiro atoms. The number of aromatic nitrogens is 1. The van der Waals surface area contributed by atoms with E-state index in [0.717, 1.165) is 54.9 Å². The molecule has 1 fully saturated rings. The van der Waals surface area contributed by atoms with Crippen LogP contribution in [0.1, 0.15) is 21.9 Å². The Bertz CT molecular complexity index is 867. The first-order valence-corrected chi connectivity index (χ1v) is 11.6. The summed E-state index contributed by atoms with van der Waals surface area (Å²) in [4.78, 5) is 34.4. The molecule has 1 saturated heterocycles. The topological polar surface area (TPSA) is 74.8 Å². The number of carbonyl (C=O) groups is 2. The number of carbonyl (C=O) groups excluding carboxylic acids is 2. The highest BCUT2D eigenvalue weighted by Gasteiger charge is 2.25. The standard InChI is InChI=1S/C20H24N4O3S2/c25-19-14-28-17-5-2-1-4-16(17)24(19)12-18-22-15(13-29-18)20(26)21-6-3-7-23-8-10-27-11-9-23/h1-2,4-5,13H,3,6-12,14H2,(H,21,26). The first-order chi connectivity index (χ1) is 14.2. The van der Waals surface area contributed by atoms with E-state index in [4.69, 9.17) is 4.74 Å². The predicted molar refractivity (Wildman–Crippen MR) is 115 cm³/mol. The third-order valence-electron chi connectivity index (χ3n) is 4.93. The fraction of sp³-hybridized carbons (Fsp3) is 0.450. The molecule has 0 bridgehead atoms. The van der Waals surface area contributed by atoms with Gasteiger partial charge >= 0.3 is 0 Å². The molecular weight excluding hydrogens is 408 g/mol. The second-order valence-corrected chi connectivity index (χ2v) is 8.89. The summed E-state index contributed by atoms with van der Waals surface area (Å²) in [5, 5.41) is 5.47. The van der Waals surface area contributed by atoms with E-state index >= 15 is 0 Å². The number of thioether (sulfide) groups is 1. The van der Waals surface area contributed by atoms with Crippen molar-refractivity contribution in [3.05, 3.63) is 40.3 Å². The molecule has 7 nitrogen and oxygen atoms in total. The molecule has 2 aliphatic heterocycles. The maximum Gasteiger partial charge on any atom is 0.270 e. The Labute approximate surface area is 178 Å². The fourth-order valence-electron chi connectivity index (χ4n) is 3.37. The van der Waals surface area contributed by atoms with Gasteiger partial charge in [-0.15, -0.1) is 23.1 Å². The minimum atomic E-state index is -0.157. The van der Waals surface area contributed by atoms with Crippen LogP contribution in [-0.2, 0) is 16.1 Å². The van der Waals surface area contributed by atoms with Gasteiger partial charge in [0.25, 0.3) is 5.91 Å². The Balaban J connectivity index is 1.29. The van der Waals surface area contributed by atoms with E-state index in [1.165, 1.54) is 11.3 Å². The van der Waals surface area contributed by atoms with Gasteiger partial charge in [-0.3, -0.25) is 14.5 Å². The molecule has 29 heavy (non-hydrogen) atoms. The quantitative estimate of drug-likeness (QED) is 0.677. The van der Waals surface area contributed by atoms with Crippen molar-refractivity contribution in [3.8, 4) is 0 Å². The van der Waals surface area contributed by atoms with Crippen molar-refractivity contribution in [2.75, 3.05) is 50.0 Å². The molecule has 9 heteroatoms. The smallest absolute Gasteiger partial charge is 0.270 e. The molecule has 3 heterocycles. The molecule has 1 aromatic carbocycles. The van der Waals surface area contributed by atoms with Crippen molar-refractivity contribution in [1.29, 1.82) is 0 Å². The number of benzene rings is 1. The van der Waals surface area contributed by atoms with Crippen molar-refractivity contribution in [1.82, 2.24) is 15.2 Å². The van der Waals surface area contributed by atoms with Crippen LogP contribution in [0.2, 0.25) is 0 Å². The lowest BCUT2D eigenvalue weighted by molar-refractivity contribution is -0.116. The highest BCUT2D eigenvalue weighted by Crippen LogP contribution is 2.35. The van der Waals surface area contributed by atoms with E-state index < -0.39 is 0 Å². The van der Waals surface area contributed by atoms with E-state index in [2.05, 4.69) is 15.2 Å². The van der Waals surface area contributed by atoms with E-state index in [1.54, 1.807) is 22.0 Å². The summed E-state index contributed by atoms with van der Waals surface area (Å²) >= 11 is 2.98. The zero-order valence-electron chi connectivity index (χ0n) is 16.1. The van der Waals surface area contributed by atoms with Crippen molar-refractivity contribution < 1.29 is 14.3 Å². The van der Waals surface area contributed by atoms with E-state index in [-0.39, 0.29) is 11.8 Å². The number of ether oxygens (including phenoxy) is 1. The molecular formula is C20H24N4O3S2. The largest absolute Gasteiger partial charge is 0.379 e. The summed E-state index contributed by atoms with van der Waals surface area (Å²) in [7, 11) is 0. The Kier molecular flexibility index (Phi) is 6.81. The number of rotatable bonds is 7. The van der Waals surface area contributed by atoms with Crippen LogP contribution in [0.4, 0.5) is 5.69 Å². The van der Waals surface area contributed by atoms with Crippen LogP contribution in [0.15, 0.2) is 34.5 Å². The molecule has 2 amide bonds. The first-order valence-electron chi connectivity index (χ1n) is 9.75. The summed E-state index contributed by atoms with van der Waals surface area (Å²) in [5.74, 6) is 0.340. The third-order valence-corrected chi connectivity index (χ3v) is 6.81. The number of hydrogen-bond acceptors (Lipinski definition) is 7. The SMILES string of the molecule is O=C(NCCCN1CCOCC1)c1csc(CN2C(=O)CSc3ccccc32)n1. The summed E-state index contributed by atoms with van der Waals surface area (Å²) in [6, 6.07) is 7.89. The van der Waals surface area contributed by atoms with Gasteiger partial charge in [-0.25, -0.2) is 4.98 Å². The van der Waals surface area contributed by atoms with Crippen molar-refractivity contribution in [3.63, 3.8) is 0 Å². The van der Waals surface area contributed by atoms with Gasteiger partial charge < -0.3 is 15.0 Å². The van der Waals surface area contributed by atoms with E-state index in [0.29, 0.717) is 24.5 Å². The summed E-state index contributed by atoms with van der Waals surface area (Å²) in [5.41, 5.74) is 1.33. The first kappa shape index (κ1) is 20.3. The number of anilines is 1. The van der Waals surface area contributed by atoms with E-state index in [9.17, 15) is 9.59 Å². The lowest BCUT2D eigenvalue weighted by atomic mass is 10.2. The van der Waals surface area contributed by atoms with Crippen LogP contribution >= 0.6 is 23.1 Å². The number of nitrogens with one attached hydrogen (secondary N) is 1. The molecule has 0 radical (unpaired) electrons. The normalized spacial score (nSPS) is 17.2. The summed E-state index contributed by atoms with van der Waals surface area (Å²) in [6.07, 6.45) is 0.902. The zero-order chi connectivity index (χ0) is 20.1. The maximum atomic E-state index is 12.4. The number of fused-ring (bicyclic) bond motifs is 1. The van der Waals surface area contributed by atoms with E-state index in [1.807, 2.05) is 24.3 Å². The van der Waals surface area contributed by atoms with Gasteiger partial charge in [-0.1, -0.05) is 12.1 Å². The van der Waals surface area contributed by atoms with Crippen LogP contribution in [0.3, 0.4) is 0 Å². The van der Waals surface area contributed by atoms with Crippen molar-refractivity contribution in [2.24, 2.45) is 0 Å².